The number of halogens is 1. The molecule has 0 saturated carbocycles. The molecule has 9 nitrogen and oxygen atoms in total. The molecule has 0 aromatic heterocycles. The van der Waals surface area contributed by atoms with Crippen LogP contribution in [0.3, 0.4) is 0 Å². The standard InChI is InChI=1S/C19H22N2O3.C17H22NO3.ClH/c1-19(2,3)24-18(23)21-16(14-10-6-4-7-11-14)17(22)20-15-12-8-5-9-13-15;1-13(19)21-17-12-18(9-7-15(17)8-10-18)11-16(20)14-5-3-2-4-6-14;/h4-13,16H,1-3H3,(H,20,22)(H,21,23);2-6,15,17H,7-12H2,1H3;1H/q;+1;/p-1/t;15?,17-,18?;/m.0./s1. The second kappa shape index (κ2) is 16.4. The number of rotatable bonds is 8. The highest BCUT2D eigenvalue weighted by atomic mass is 35.5. The van der Waals surface area contributed by atoms with Crippen molar-refractivity contribution in [2.45, 2.75) is 58.3 Å². The summed E-state index contributed by atoms with van der Waals surface area (Å²) in [4.78, 5) is 48.5. The summed E-state index contributed by atoms with van der Waals surface area (Å²) in [5.74, 6) is 0.137. The number of ketones is 1. The van der Waals surface area contributed by atoms with Crippen LogP contribution in [0, 0.1) is 5.92 Å². The summed E-state index contributed by atoms with van der Waals surface area (Å²) in [7, 11) is 0. The van der Waals surface area contributed by atoms with Crippen LogP contribution < -0.4 is 23.0 Å². The zero-order chi connectivity index (χ0) is 32.5. The van der Waals surface area contributed by atoms with E-state index in [1.54, 1.807) is 45.0 Å². The van der Waals surface area contributed by atoms with Crippen molar-refractivity contribution in [3.05, 3.63) is 102 Å². The number of para-hydroxylation sites is 1. The number of carbonyl (C=O) groups excluding carboxylic acids is 4. The number of carbonyl (C=O) groups is 4. The number of ether oxygens (including phenoxy) is 2. The van der Waals surface area contributed by atoms with E-state index < -0.39 is 17.7 Å². The molecular weight excluding hydrogens is 606 g/mol. The number of fused-ring (bicyclic) bond motifs is 3. The van der Waals surface area contributed by atoms with Gasteiger partial charge in [-0.05, 0) is 38.5 Å². The van der Waals surface area contributed by atoms with Gasteiger partial charge in [0.2, 0.25) is 5.78 Å². The molecule has 2 N–H and O–H groups in total. The maximum atomic E-state index is 12.6. The fourth-order valence-electron chi connectivity index (χ4n) is 5.92. The highest BCUT2D eigenvalue weighted by molar-refractivity contribution is 5.97. The molecule has 246 valence electrons. The van der Waals surface area contributed by atoms with E-state index in [4.69, 9.17) is 9.47 Å². The average molecular weight is 650 g/mol. The maximum absolute atomic E-state index is 12.6. The molecular formula is C36H44ClN3O6. The molecule has 3 aliphatic rings. The van der Waals surface area contributed by atoms with Gasteiger partial charge in [0.05, 0.1) is 13.1 Å². The van der Waals surface area contributed by atoms with Gasteiger partial charge in [-0.25, -0.2) is 4.79 Å². The summed E-state index contributed by atoms with van der Waals surface area (Å²) < 4.78 is 11.5. The Morgan fingerprint density at radius 1 is 0.848 bits per heavy atom. The minimum atomic E-state index is -0.846. The van der Waals surface area contributed by atoms with E-state index in [9.17, 15) is 19.2 Å². The van der Waals surface area contributed by atoms with Crippen molar-refractivity contribution in [1.82, 2.24) is 5.32 Å². The Kier molecular flexibility index (Phi) is 12.9. The molecule has 3 saturated heterocycles. The van der Waals surface area contributed by atoms with Crippen LogP contribution in [0.15, 0.2) is 91.0 Å². The number of anilines is 1. The van der Waals surface area contributed by atoms with E-state index in [1.807, 2.05) is 66.7 Å². The fraction of sp³-hybridized carbons (Fsp3) is 0.389. The predicted molar refractivity (Wildman–Crippen MR) is 172 cm³/mol. The van der Waals surface area contributed by atoms with Gasteiger partial charge in [0, 0.05) is 36.9 Å². The van der Waals surface area contributed by atoms with Crippen molar-refractivity contribution in [3.63, 3.8) is 0 Å². The van der Waals surface area contributed by atoms with E-state index in [0.29, 0.717) is 23.7 Å². The van der Waals surface area contributed by atoms with E-state index in [1.165, 1.54) is 6.92 Å². The van der Waals surface area contributed by atoms with Crippen LogP contribution in [0.2, 0.25) is 0 Å². The second-order valence-electron chi connectivity index (χ2n) is 12.7. The molecule has 0 spiro atoms. The summed E-state index contributed by atoms with van der Waals surface area (Å²) in [5.41, 5.74) is 1.48. The number of alkyl carbamates (subject to hydrolysis) is 1. The molecule has 10 heteroatoms. The van der Waals surface area contributed by atoms with Crippen LogP contribution in [0.4, 0.5) is 10.5 Å². The lowest BCUT2D eigenvalue weighted by Crippen LogP contribution is -3.00. The quantitative estimate of drug-likeness (QED) is 0.221. The third kappa shape index (κ3) is 10.7. The van der Waals surface area contributed by atoms with Crippen molar-refractivity contribution in [1.29, 1.82) is 0 Å². The number of hydrogen-bond acceptors (Lipinski definition) is 6. The van der Waals surface area contributed by atoms with E-state index in [-0.39, 0.29) is 36.2 Å². The van der Waals surface area contributed by atoms with Crippen molar-refractivity contribution in [2.24, 2.45) is 5.92 Å². The Hall–Kier alpha value is -4.21. The summed E-state index contributed by atoms with van der Waals surface area (Å²) >= 11 is 0. The molecule has 2 atom stereocenters. The second-order valence-corrected chi connectivity index (χ2v) is 12.7. The molecule has 1 unspecified atom stereocenters. The summed E-state index contributed by atoms with van der Waals surface area (Å²) in [6, 6.07) is 26.8. The normalized spacial score (nSPS) is 20.4. The number of quaternary nitrogens is 1. The van der Waals surface area contributed by atoms with Crippen LogP contribution in [0.25, 0.3) is 0 Å². The Morgan fingerprint density at radius 3 is 1.93 bits per heavy atom. The summed E-state index contributed by atoms with van der Waals surface area (Å²) in [6.45, 7) is 10.2. The molecule has 3 aromatic carbocycles. The molecule has 0 aliphatic carbocycles. The lowest BCUT2D eigenvalue weighted by atomic mass is 9.83. The highest BCUT2D eigenvalue weighted by Gasteiger charge is 2.48. The molecule has 3 aliphatic heterocycles. The number of Topliss-reactive ketones (excluding diaryl/α,β-unsaturated/α-hetero) is 1. The monoisotopic (exact) mass is 649 g/mol. The van der Waals surface area contributed by atoms with Gasteiger partial charge in [-0.15, -0.1) is 0 Å². The topological polar surface area (TPSA) is 111 Å². The molecule has 3 heterocycles. The Morgan fingerprint density at radius 2 is 1.39 bits per heavy atom. The van der Waals surface area contributed by atoms with Crippen LogP contribution >= 0.6 is 0 Å². The van der Waals surface area contributed by atoms with Gasteiger partial charge in [0.1, 0.15) is 24.7 Å². The van der Waals surface area contributed by atoms with Gasteiger partial charge in [0.15, 0.2) is 6.10 Å². The number of nitrogens with zero attached hydrogens (tertiary/aromatic N) is 1. The van der Waals surface area contributed by atoms with Gasteiger partial charge < -0.3 is 37.0 Å². The first-order valence-corrected chi connectivity index (χ1v) is 15.4. The number of nitrogens with one attached hydrogen (secondary N) is 2. The first kappa shape index (κ1) is 36.3. The zero-order valence-corrected chi connectivity index (χ0v) is 27.7. The Bertz CT molecular complexity index is 1440. The number of piperidine rings is 3. The average Bonchev–Trinajstić information content (AvgIpc) is 3.01. The largest absolute Gasteiger partial charge is 1.00 e. The van der Waals surface area contributed by atoms with Crippen molar-refractivity contribution < 1.29 is 45.5 Å². The van der Waals surface area contributed by atoms with Crippen LogP contribution in [-0.2, 0) is 19.1 Å². The maximum Gasteiger partial charge on any atom is 0.408 e. The van der Waals surface area contributed by atoms with Crippen molar-refractivity contribution in [2.75, 3.05) is 31.5 Å². The Balaban J connectivity index is 0.000000247. The third-order valence-corrected chi connectivity index (χ3v) is 8.03. The third-order valence-electron chi connectivity index (χ3n) is 8.03. The minimum Gasteiger partial charge on any atom is -1.00 e. The molecule has 2 amide bonds. The van der Waals surface area contributed by atoms with Crippen LogP contribution in [0.1, 0.15) is 62.5 Å². The van der Waals surface area contributed by atoms with Crippen molar-refractivity contribution >= 4 is 29.4 Å². The molecule has 2 bridgehead atoms. The molecule has 6 rings (SSSR count). The zero-order valence-electron chi connectivity index (χ0n) is 26.9. The predicted octanol–water partition coefficient (Wildman–Crippen LogP) is 2.94. The number of amides is 2. The lowest BCUT2D eigenvalue weighted by molar-refractivity contribution is -0.938. The van der Waals surface area contributed by atoms with Gasteiger partial charge >= 0.3 is 12.1 Å². The first-order chi connectivity index (χ1) is 21.4. The molecule has 3 aromatic rings. The van der Waals surface area contributed by atoms with Gasteiger partial charge in [0.25, 0.3) is 5.91 Å². The van der Waals surface area contributed by atoms with E-state index >= 15 is 0 Å². The SMILES string of the molecule is CC(=O)O[C@H]1C[N+]2(CC(=O)c3ccccc3)CCC1CC2.CC(C)(C)OC(=O)NC(C(=O)Nc1ccccc1)c1ccccc1.[Cl-]. The number of benzene rings is 3. The number of hydrogen-bond donors (Lipinski definition) is 2. The summed E-state index contributed by atoms with van der Waals surface area (Å²) in [6.07, 6.45) is 1.47. The van der Waals surface area contributed by atoms with E-state index in [0.717, 1.165) is 42.5 Å². The summed E-state index contributed by atoms with van der Waals surface area (Å²) in [5, 5.41) is 5.44. The number of esters is 1. The Labute approximate surface area is 277 Å². The fourth-order valence-corrected chi connectivity index (χ4v) is 5.92. The van der Waals surface area contributed by atoms with Gasteiger partial charge in [-0.2, -0.15) is 0 Å². The van der Waals surface area contributed by atoms with Crippen LogP contribution in [0.5, 0.6) is 0 Å². The smallest absolute Gasteiger partial charge is 0.408 e. The minimum absolute atomic E-state index is 0. The van der Waals surface area contributed by atoms with E-state index in [2.05, 4.69) is 10.6 Å². The highest BCUT2D eigenvalue weighted by Crippen LogP contribution is 2.35. The molecule has 0 radical (unpaired) electrons. The van der Waals surface area contributed by atoms with Gasteiger partial charge in [-0.1, -0.05) is 78.9 Å². The first-order valence-electron chi connectivity index (χ1n) is 15.4. The molecule has 3 fully saturated rings. The van der Waals surface area contributed by atoms with Gasteiger partial charge in [-0.3, -0.25) is 14.4 Å². The van der Waals surface area contributed by atoms with Crippen LogP contribution in [-0.4, -0.2) is 66.1 Å². The van der Waals surface area contributed by atoms with Crippen molar-refractivity contribution in [3.8, 4) is 0 Å². The molecule has 46 heavy (non-hydrogen) atoms. The lowest BCUT2D eigenvalue weighted by Gasteiger charge is -2.51.